The molecule has 1 aliphatic heterocycles. The lowest BCUT2D eigenvalue weighted by molar-refractivity contribution is -0.132. The summed E-state index contributed by atoms with van der Waals surface area (Å²) in [5, 5.41) is 13.7. The highest BCUT2D eigenvalue weighted by Crippen LogP contribution is 2.45. The molecule has 10 heteroatoms. The van der Waals surface area contributed by atoms with Crippen molar-refractivity contribution in [2.45, 2.75) is 53.0 Å². The number of hydrogen-bond acceptors (Lipinski definition) is 8. The van der Waals surface area contributed by atoms with Gasteiger partial charge in [0.1, 0.15) is 11.3 Å². The molecule has 0 saturated carbocycles. The number of aromatic nitrogens is 3. The lowest BCUT2D eigenvalue weighted by Crippen LogP contribution is -2.29. The summed E-state index contributed by atoms with van der Waals surface area (Å²) in [5.41, 5.74) is 3.01. The van der Waals surface area contributed by atoms with Gasteiger partial charge in [0.05, 0.1) is 30.5 Å². The summed E-state index contributed by atoms with van der Waals surface area (Å²) in [7, 11) is 0. The minimum atomic E-state index is -0.940. The molecule has 1 unspecified atom stereocenters. The van der Waals surface area contributed by atoms with Gasteiger partial charge in [-0.25, -0.2) is 9.97 Å². The van der Waals surface area contributed by atoms with Crippen LogP contribution in [-0.4, -0.2) is 44.4 Å². The number of carbonyl (C=O) groups excluding carboxylic acids is 2. The first-order valence-electron chi connectivity index (χ1n) is 13.4. The highest BCUT2D eigenvalue weighted by molar-refractivity contribution is 7.14. The van der Waals surface area contributed by atoms with Gasteiger partial charge in [-0.05, 0) is 56.5 Å². The smallest absolute Gasteiger partial charge is 0.301 e. The van der Waals surface area contributed by atoms with Gasteiger partial charge in [-0.15, -0.1) is 11.3 Å². The van der Waals surface area contributed by atoms with Crippen molar-refractivity contribution in [3.8, 4) is 11.5 Å². The SMILES string of the molecule is CCCCCOc1ccc(C2/C(=C(\O)c3nc4c(C)cccn4c3C)C(=O)C(=O)N2c2nccs2)cc1OCC. The van der Waals surface area contributed by atoms with Gasteiger partial charge < -0.3 is 19.0 Å². The fourth-order valence-corrected chi connectivity index (χ4v) is 5.64. The normalized spacial score (nSPS) is 16.7. The van der Waals surface area contributed by atoms with Gasteiger partial charge in [-0.3, -0.25) is 14.5 Å². The minimum Gasteiger partial charge on any atom is -0.505 e. The molecule has 1 aliphatic rings. The molecule has 0 bridgehead atoms. The Balaban J connectivity index is 1.66. The number of ether oxygens (including phenoxy) is 2. The first kappa shape index (κ1) is 27.4. The maximum atomic E-state index is 13.6. The second kappa shape index (κ2) is 11.5. The number of unbranched alkanes of at least 4 members (excludes halogenated alkanes) is 2. The van der Waals surface area contributed by atoms with Crippen molar-refractivity contribution in [2.24, 2.45) is 0 Å². The molecule has 3 aromatic heterocycles. The summed E-state index contributed by atoms with van der Waals surface area (Å²) in [5.74, 6) is -0.818. The van der Waals surface area contributed by atoms with Crippen LogP contribution in [0.1, 0.15) is 61.7 Å². The molecule has 4 heterocycles. The molecule has 40 heavy (non-hydrogen) atoms. The minimum absolute atomic E-state index is 0.0524. The van der Waals surface area contributed by atoms with Crippen LogP contribution in [0, 0.1) is 13.8 Å². The Hall–Kier alpha value is -4.18. The first-order valence-corrected chi connectivity index (χ1v) is 14.3. The van der Waals surface area contributed by atoms with Gasteiger partial charge >= 0.3 is 5.91 Å². The molecule has 1 saturated heterocycles. The predicted octanol–water partition coefficient (Wildman–Crippen LogP) is 6.00. The maximum absolute atomic E-state index is 13.6. The highest BCUT2D eigenvalue weighted by Gasteiger charge is 2.48. The van der Waals surface area contributed by atoms with Gasteiger partial charge in [-0.1, -0.05) is 31.9 Å². The average molecular weight is 561 g/mol. The van der Waals surface area contributed by atoms with E-state index in [0.29, 0.717) is 46.7 Å². The van der Waals surface area contributed by atoms with E-state index < -0.39 is 17.7 Å². The molecule has 1 aromatic carbocycles. The van der Waals surface area contributed by atoms with Crippen molar-refractivity contribution >= 4 is 39.6 Å². The predicted molar refractivity (Wildman–Crippen MR) is 154 cm³/mol. The number of hydrogen-bond donors (Lipinski definition) is 1. The molecule has 1 fully saturated rings. The molecule has 0 spiro atoms. The van der Waals surface area contributed by atoms with Gasteiger partial charge in [0.2, 0.25) is 0 Å². The second-order valence-electron chi connectivity index (χ2n) is 9.61. The molecular formula is C30H32N4O5S. The van der Waals surface area contributed by atoms with Crippen LogP contribution in [0.25, 0.3) is 11.4 Å². The van der Waals surface area contributed by atoms with Crippen LogP contribution in [0.15, 0.2) is 53.7 Å². The van der Waals surface area contributed by atoms with Crippen LogP contribution in [0.2, 0.25) is 0 Å². The zero-order valence-electron chi connectivity index (χ0n) is 23.0. The topological polar surface area (TPSA) is 106 Å². The third-order valence-corrected chi connectivity index (χ3v) is 7.74. The molecule has 9 nitrogen and oxygen atoms in total. The zero-order chi connectivity index (χ0) is 28.4. The standard InChI is InChI=1S/C30H32N4O5S/c1-5-7-8-15-39-21-12-11-20(17-22(21)38-6-2)25-23(27(36)29(37)34(25)30-31-13-16-40-30)26(35)24-19(4)33-14-9-10-18(3)28(33)32-24/h9-14,16-17,25,35H,5-8,15H2,1-4H3/b26-23+. The number of thiazole rings is 1. The summed E-state index contributed by atoms with van der Waals surface area (Å²) in [6.07, 6.45) is 6.49. The number of benzene rings is 1. The number of fused-ring (bicyclic) bond motifs is 1. The Morgan fingerprint density at radius 1 is 1.10 bits per heavy atom. The van der Waals surface area contributed by atoms with E-state index in [0.717, 1.165) is 24.8 Å². The summed E-state index contributed by atoms with van der Waals surface area (Å²) < 4.78 is 13.8. The molecule has 0 radical (unpaired) electrons. The van der Waals surface area contributed by atoms with E-state index in [2.05, 4.69) is 16.9 Å². The van der Waals surface area contributed by atoms with E-state index in [1.165, 1.54) is 16.2 Å². The Bertz CT molecular complexity index is 1590. The Morgan fingerprint density at radius 2 is 1.93 bits per heavy atom. The van der Waals surface area contributed by atoms with Crippen molar-refractivity contribution in [3.63, 3.8) is 0 Å². The van der Waals surface area contributed by atoms with Crippen LogP contribution in [0.5, 0.6) is 11.5 Å². The van der Waals surface area contributed by atoms with Gasteiger partial charge in [0, 0.05) is 17.8 Å². The van der Waals surface area contributed by atoms with Crippen LogP contribution in [0.4, 0.5) is 5.13 Å². The fourth-order valence-electron chi connectivity index (χ4n) is 4.97. The molecule has 0 aliphatic carbocycles. The number of imidazole rings is 1. The van der Waals surface area contributed by atoms with E-state index in [4.69, 9.17) is 9.47 Å². The Morgan fingerprint density at radius 3 is 2.62 bits per heavy atom. The third-order valence-electron chi connectivity index (χ3n) is 6.97. The fraction of sp³-hybridized carbons (Fsp3) is 0.333. The van der Waals surface area contributed by atoms with Crippen molar-refractivity contribution in [1.29, 1.82) is 0 Å². The van der Waals surface area contributed by atoms with E-state index in [1.54, 1.807) is 29.8 Å². The Kier molecular flexibility index (Phi) is 7.88. The number of nitrogens with zero attached hydrogens (tertiary/aromatic N) is 4. The third kappa shape index (κ3) is 4.83. The van der Waals surface area contributed by atoms with Crippen molar-refractivity contribution < 1.29 is 24.2 Å². The maximum Gasteiger partial charge on any atom is 0.301 e. The lowest BCUT2D eigenvalue weighted by atomic mass is 9.96. The van der Waals surface area contributed by atoms with E-state index in [-0.39, 0.29) is 17.0 Å². The summed E-state index contributed by atoms with van der Waals surface area (Å²) in [6, 6.07) is 8.22. The lowest BCUT2D eigenvalue weighted by Gasteiger charge is -2.24. The number of Topliss-reactive ketones (excluding diaryl/α,β-unsaturated/α-hetero) is 1. The Labute approximate surface area is 236 Å². The molecule has 1 amide bonds. The van der Waals surface area contributed by atoms with E-state index >= 15 is 0 Å². The van der Waals surface area contributed by atoms with Crippen LogP contribution in [0.3, 0.4) is 0 Å². The van der Waals surface area contributed by atoms with Crippen LogP contribution < -0.4 is 14.4 Å². The quantitative estimate of drug-likeness (QED) is 0.110. The van der Waals surface area contributed by atoms with Gasteiger partial charge in [0.25, 0.3) is 5.78 Å². The summed E-state index contributed by atoms with van der Waals surface area (Å²) in [4.78, 5) is 37.3. The summed E-state index contributed by atoms with van der Waals surface area (Å²) >= 11 is 1.24. The molecule has 5 rings (SSSR count). The van der Waals surface area contributed by atoms with Gasteiger partial charge in [0.15, 0.2) is 22.4 Å². The molecular weight excluding hydrogens is 528 g/mol. The number of pyridine rings is 1. The van der Waals surface area contributed by atoms with Crippen LogP contribution in [-0.2, 0) is 9.59 Å². The largest absolute Gasteiger partial charge is 0.505 e. The number of amides is 1. The second-order valence-corrected chi connectivity index (χ2v) is 10.5. The number of rotatable bonds is 10. The first-order chi connectivity index (χ1) is 19.4. The van der Waals surface area contributed by atoms with E-state index in [9.17, 15) is 14.7 Å². The molecule has 208 valence electrons. The zero-order valence-corrected chi connectivity index (χ0v) is 23.8. The molecule has 1 atom stereocenters. The molecule has 4 aromatic rings. The van der Waals surface area contributed by atoms with Crippen molar-refractivity contribution in [3.05, 3.63) is 76.2 Å². The number of aliphatic hydroxyl groups excluding tert-OH is 1. The van der Waals surface area contributed by atoms with Crippen LogP contribution >= 0.6 is 11.3 Å². The highest BCUT2D eigenvalue weighted by atomic mass is 32.1. The number of ketones is 1. The number of aryl methyl sites for hydroxylation is 2. The average Bonchev–Trinajstić information content (AvgIpc) is 3.66. The van der Waals surface area contributed by atoms with Crippen molar-refractivity contribution in [2.75, 3.05) is 18.1 Å². The molecule has 1 N–H and O–H groups in total. The number of aliphatic hydroxyl groups is 1. The van der Waals surface area contributed by atoms with E-state index in [1.807, 2.05) is 43.5 Å². The van der Waals surface area contributed by atoms with Crippen molar-refractivity contribution in [1.82, 2.24) is 14.4 Å². The number of carbonyl (C=O) groups is 2. The monoisotopic (exact) mass is 560 g/mol. The van der Waals surface area contributed by atoms with Gasteiger partial charge in [-0.2, -0.15) is 0 Å². The summed E-state index contributed by atoms with van der Waals surface area (Å²) in [6.45, 7) is 8.71. The number of anilines is 1.